The molecule has 1 heterocycles. The fourth-order valence-corrected chi connectivity index (χ4v) is 2.23. The minimum atomic E-state index is -1.42. The van der Waals surface area contributed by atoms with Crippen LogP contribution in [0.5, 0.6) is 11.5 Å². The number of carboxylic acid groups (broad SMARTS) is 1. The molecule has 0 bridgehead atoms. The molecule has 3 rings (SSSR count). The van der Waals surface area contributed by atoms with Crippen LogP contribution in [0.3, 0.4) is 0 Å². The van der Waals surface area contributed by atoms with E-state index in [2.05, 4.69) is 0 Å². The molecule has 5 nitrogen and oxygen atoms in total. The van der Waals surface area contributed by atoms with Crippen LogP contribution >= 0.6 is 11.6 Å². The maximum Gasteiger partial charge on any atom is 0.387 e. The molecule has 0 spiro atoms. The van der Waals surface area contributed by atoms with Gasteiger partial charge in [-0.2, -0.15) is 0 Å². The highest BCUT2D eigenvalue weighted by Gasteiger charge is 2.32. The van der Waals surface area contributed by atoms with Gasteiger partial charge >= 0.3 is 12.3 Å². The number of hydrogen-bond donors (Lipinski definition) is 1. The monoisotopic (exact) mass is 304 g/mol. The predicted molar refractivity (Wildman–Crippen MR) is 74.0 cm³/mol. The summed E-state index contributed by atoms with van der Waals surface area (Å²) in [6, 6.07) is 11.4. The Kier molecular flexibility index (Phi) is 3.27. The lowest BCUT2D eigenvalue weighted by molar-refractivity contribution is -0.154. The van der Waals surface area contributed by atoms with Gasteiger partial charge in [-0.3, -0.25) is 4.79 Å². The van der Waals surface area contributed by atoms with Crippen LogP contribution in [-0.4, -0.2) is 23.1 Å². The lowest BCUT2D eigenvalue weighted by Gasteiger charge is -2.05. The second kappa shape index (κ2) is 5.10. The van der Waals surface area contributed by atoms with Crippen LogP contribution in [0.25, 0.3) is 0 Å². The summed E-state index contributed by atoms with van der Waals surface area (Å²) in [5, 5.41) is 9.04. The van der Waals surface area contributed by atoms with Crippen LogP contribution in [0.15, 0.2) is 42.5 Å². The first-order valence-corrected chi connectivity index (χ1v) is 6.43. The van der Waals surface area contributed by atoms with Crippen molar-refractivity contribution >= 4 is 23.4 Å². The highest BCUT2D eigenvalue weighted by molar-refractivity contribution is 6.35. The number of halogens is 1. The zero-order chi connectivity index (χ0) is 15.0. The standard InChI is InChI=1S/C15H9ClO5/c16-10-7-12-11(20-15(21-12)14(18)19)6-9(10)13(17)8-4-2-1-3-5-8/h1-7,15H,(H,18,19). The first-order valence-electron chi connectivity index (χ1n) is 6.05. The lowest BCUT2D eigenvalue weighted by atomic mass is 10.0. The van der Waals surface area contributed by atoms with Gasteiger partial charge in [-0.25, -0.2) is 4.79 Å². The number of fused-ring (bicyclic) bond motifs is 1. The van der Waals surface area contributed by atoms with E-state index in [-0.39, 0.29) is 27.9 Å². The van der Waals surface area contributed by atoms with E-state index >= 15 is 0 Å². The molecule has 0 fully saturated rings. The quantitative estimate of drug-likeness (QED) is 0.883. The van der Waals surface area contributed by atoms with Gasteiger partial charge in [-0.1, -0.05) is 41.9 Å². The number of ketones is 1. The third-order valence-electron chi connectivity index (χ3n) is 2.98. The van der Waals surface area contributed by atoms with Crippen molar-refractivity contribution in [3.63, 3.8) is 0 Å². The van der Waals surface area contributed by atoms with Gasteiger partial charge in [-0.05, 0) is 6.07 Å². The molecular weight excluding hydrogens is 296 g/mol. The molecule has 1 unspecified atom stereocenters. The summed E-state index contributed by atoms with van der Waals surface area (Å²) in [6.07, 6.45) is -1.42. The van der Waals surface area contributed by atoms with Crippen molar-refractivity contribution in [2.24, 2.45) is 0 Å². The van der Waals surface area contributed by atoms with Gasteiger partial charge in [-0.15, -0.1) is 0 Å². The van der Waals surface area contributed by atoms with Crippen LogP contribution in [0.4, 0.5) is 0 Å². The summed E-state index contributed by atoms with van der Waals surface area (Å²) in [5.74, 6) is -1.13. The zero-order valence-corrected chi connectivity index (χ0v) is 11.3. The van der Waals surface area contributed by atoms with E-state index in [1.165, 1.54) is 12.1 Å². The SMILES string of the molecule is O=C(c1ccccc1)c1cc2c(cc1Cl)OC(C(=O)O)O2. The van der Waals surface area contributed by atoms with E-state index in [0.29, 0.717) is 5.56 Å². The first-order chi connectivity index (χ1) is 10.1. The van der Waals surface area contributed by atoms with Crippen LogP contribution < -0.4 is 9.47 Å². The molecular formula is C15H9ClO5. The molecule has 6 heteroatoms. The van der Waals surface area contributed by atoms with Crippen molar-refractivity contribution in [2.45, 2.75) is 6.29 Å². The average Bonchev–Trinajstić information content (AvgIpc) is 2.89. The smallest absolute Gasteiger partial charge is 0.387 e. The Labute approximate surface area is 124 Å². The molecule has 106 valence electrons. The molecule has 0 saturated carbocycles. The number of aliphatic carboxylic acids is 1. The van der Waals surface area contributed by atoms with Gasteiger partial charge in [0.2, 0.25) is 0 Å². The summed E-state index contributed by atoms with van der Waals surface area (Å²) in [7, 11) is 0. The van der Waals surface area contributed by atoms with Gasteiger partial charge < -0.3 is 14.6 Å². The Bertz CT molecular complexity index is 726. The Morgan fingerprint density at radius 1 is 1.05 bits per heavy atom. The topological polar surface area (TPSA) is 72.8 Å². The van der Waals surface area contributed by atoms with Crippen LogP contribution in [0.1, 0.15) is 15.9 Å². The van der Waals surface area contributed by atoms with Gasteiger partial charge in [0.15, 0.2) is 17.3 Å². The Morgan fingerprint density at radius 2 is 1.67 bits per heavy atom. The van der Waals surface area contributed by atoms with E-state index < -0.39 is 12.3 Å². The fourth-order valence-electron chi connectivity index (χ4n) is 1.99. The number of carbonyl (C=O) groups is 2. The molecule has 0 aliphatic carbocycles. The number of carboxylic acids is 1. The highest BCUT2D eigenvalue weighted by atomic mass is 35.5. The maximum atomic E-state index is 12.4. The summed E-state index contributed by atoms with van der Waals surface area (Å²) in [5.41, 5.74) is 0.712. The molecule has 0 saturated heterocycles. The Morgan fingerprint density at radius 3 is 2.29 bits per heavy atom. The van der Waals surface area contributed by atoms with E-state index in [0.717, 1.165) is 0 Å². The summed E-state index contributed by atoms with van der Waals surface area (Å²) < 4.78 is 10.2. The fraction of sp³-hybridized carbons (Fsp3) is 0.0667. The predicted octanol–water partition coefficient (Wildman–Crippen LogP) is 2.75. The molecule has 1 N–H and O–H groups in total. The van der Waals surface area contributed by atoms with Crippen molar-refractivity contribution in [2.75, 3.05) is 0 Å². The van der Waals surface area contributed by atoms with Crippen molar-refractivity contribution in [1.29, 1.82) is 0 Å². The van der Waals surface area contributed by atoms with Crippen molar-refractivity contribution in [3.8, 4) is 11.5 Å². The molecule has 1 aliphatic rings. The number of benzene rings is 2. The van der Waals surface area contributed by atoms with E-state index in [9.17, 15) is 9.59 Å². The zero-order valence-electron chi connectivity index (χ0n) is 10.6. The van der Waals surface area contributed by atoms with Gasteiger partial charge in [0.05, 0.1) is 5.02 Å². The molecule has 2 aromatic rings. The number of hydrogen-bond acceptors (Lipinski definition) is 4. The minimum Gasteiger partial charge on any atom is -0.476 e. The van der Waals surface area contributed by atoms with E-state index in [4.69, 9.17) is 26.2 Å². The highest BCUT2D eigenvalue weighted by Crippen LogP contribution is 2.39. The minimum absolute atomic E-state index is 0.178. The van der Waals surface area contributed by atoms with Gasteiger partial charge in [0.1, 0.15) is 0 Å². The third kappa shape index (κ3) is 2.43. The normalized spacial score (nSPS) is 15.8. The summed E-state index contributed by atoms with van der Waals surface area (Å²) in [6.45, 7) is 0. The lowest BCUT2D eigenvalue weighted by Crippen LogP contribution is -2.28. The van der Waals surface area contributed by atoms with Crippen LogP contribution in [-0.2, 0) is 4.79 Å². The number of ether oxygens (including phenoxy) is 2. The summed E-state index contributed by atoms with van der Waals surface area (Å²) in [4.78, 5) is 23.2. The Balaban J connectivity index is 1.98. The van der Waals surface area contributed by atoms with Gasteiger partial charge in [0.25, 0.3) is 0 Å². The van der Waals surface area contributed by atoms with Crippen molar-refractivity contribution in [3.05, 3.63) is 58.6 Å². The maximum absolute atomic E-state index is 12.4. The van der Waals surface area contributed by atoms with E-state index in [1.807, 2.05) is 0 Å². The number of rotatable bonds is 3. The molecule has 21 heavy (non-hydrogen) atoms. The largest absolute Gasteiger partial charge is 0.476 e. The molecule has 0 radical (unpaired) electrons. The summed E-state index contributed by atoms with van der Waals surface area (Å²) >= 11 is 6.08. The second-order valence-corrected chi connectivity index (χ2v) is 4.79. The first kappa shape index (κ1) is 13.5. The van der Waals surface area contributed by atoms with Crippen molar-refractivity contribution in [1.82, 2.24) is 0 Å². The molecule has 0 amide bonds. The molecule has 1 atom stereocenters. The van der Waals surface area contributed by atoms with Crippen LogP contribution in [0, 0.1) is 0 Å². The molecule has 1 aliphatic heterocycles. The number of carbonyl (C=O) groups excluding carboxylic acids is 1. The van der Waals surface area contributed by atoms with Crippen LogP contribution in [0.2, 0.25) is 5.02 Å². The van der Waals surface area contributed by atoms with E-state index in [1.54, 1.807) is 30.3 Å². The average molecular weight is 305 g/mol. The van der Waals surface area contributed by atoms with Crippen molar-refractivity contribution < 1.29 is 24.2 Å². The van der Waals surface area contributed by atoms with Gasteiger partial charge in [0, 0.05) is 17.2 Å². The Hall–Kier alpha value is -2.53. The molecule has 2 aromatic carbocycles. The second-order valence-electron chi connectivity index (χ2n) is 4.38. The molecule has 0 aromatic heterocycles. The third-order valence-corrected chi connectivity index (χ3v) is 3.30.